The molecule has 0 bridgehead atoms. The highest BCUT2D eigenvalue weighted by atomic mass is 35.5. The van der Waals surface area contributed by atoms with Crippen LogP contribution in [-0.4, -0.2) is 74.4 Å². The van der Waals surface area contributed by atoms with E-state index in [1.54, 1.807) is 6.92 Å². The van der Waals surface area contributed by atoms with Gasteiger partial charge < -0.3 is 29.4 Å². The predicted octanol–water partition coefficient (Wildman–Crippen LogP) is 4.83. The highest BCUT2D eigenvalue weighted by molar-refractivity contribution is 7.92. The monoisotopic (exact) mass is 701 g/mol. The number of hydrogen-bond donors (Lipinski definition) is 2. The van der Waals surface area contributed by atoms with Crippen LogP contribution in [0, 0.1) is 23.5 Å². The first-order valence-corrected chi connectivity index (χ1v) is 17.1. The largest absolute Gasteiger partial charge is 0.467 e. The lowest BCUT2D eigenvalue weighted by Gasteiger charge is -2.47. The van der Waals surface area contributed by atoms with Crippen LogP contribution in [0.1, 0.15) is 63.2 Å². The van der Waals surface area contributed by atoms with Crippen LogP contribution >= 0.6 is 11.6 Å². The van der Waals surface area contributed by atoms with E-state index < -0.39 is 80.5 Å². The fourth-order valence-electron chi connectivity index (χ4n) is 6.26. The minimum atomic E-state index is -4.13. The zero-order chi connectivity index (χ0) is 34.7. The van der Waals surface area contributed by atoms with Gasteiger partial charge in [0.25, 0.3) is 5.91 Å². The Morgan fingerprint density at radius 3 is 2.45 bits per heavy atom. The molecule has 15 heteroatoms. The molecule has 2 aromatic carbocycles. The third-order valence-electron chi connectivity index (χ3n) is 8.88. The second kappa shape index (κ2) is 14.9. The minimum absolute atomic E-state index is 0.0250. The zero-order valence-corrected chi connectivity index (χ0v) is 27.9. The molecule has 4 rings (SSSR count). The smallest absolute Gasteiger partial charge is 0.335 e. The number of methoxy groups -OCH3 is 1. The van der Waals surface area contributed by atoms with Crippen molar-refractivity contribution >= 4 is 45.0 Å². The summed E-state index contributed by atoms with van der Waals surface area (Å²) < 4.78 is 76.6. The first kappa shape index (κ1) is 36.7. The molecule has 1 saturated carbocycles. The van der Waals surface area contributed by atoms with E-state index in [4.69, 9.17) is 30.5 Å². The van der Waals surface area contributed by atoms with Crippen molar-refractivity contribution in [2.24, 2.45) is 11.8 Å². The van der Waals surface area contributed by atoms with Gasteiger partial charge in [-0.25, -0.2) is 22.0 Å². The first-order chi connectivity index (χ1) is 22.1. The van der Waals surface area contributed by atoms with Crippen LogP contribution in [0.2, 0.25) is 5.02 Å². The van der Waals surface area contributed by atoms with E-state index in [-0.39, 0.29) is 53.5 Å². The normalized spacial score (nSPS) is 27.9. The molecular weight excluding hydrogens is 664 g/mol. The second-order valence-corrected chi connectivity index (χ2v) is 14.6. The van der Waals surface area contributed by atoms with Crippen molar-refractivity contribution in [3.63, 3.8) is 0 Å². The molecule has 1 aliphatic carbocycles. The summed E-state index contributed by atoms with van der Waals surface area (Å²) in [7, 11) is -2.93. The molecule has 2 aromatic rings. The van der Waals surface area contributed by atoms with E-state index in [2.05, 4.69) is 5.32 Å². The average Bonchev–Trinajstić information content (AvgIpc) is 3.02. The van der Waals surface area contributed by atoms with Crippen molar-refractivity contribution in [1.82, 2.24) is 0 Å². The number of carbonyl (C=O) groups excluding carboxylic acids is 3. The van der Waals surface area contributed by atoms with Gasteiger partial charge in [-0.3, -0.25) is 9.59 Å². The first-order valence-electron chi connectivity index (χ1n) is 15.1. The van der Waals surface area contributed by atoms with Crippen molar-refractivity contribution in [3.8, 4) is 0 Å². The van der Waals surface area contributed by atoms with Crippen molar-refractivity contribution < 1.29 is 55.6 Å². The lowest BCUT2D eigenvalue weighted by Crippen LogP contribution is -2.55. The number of anilines is 1. The average molecular weight is 702 g/mol. The Morgan fingerprint density at radius 1 is 1.09 bits per heavy atom. The Bertz CT molecular complexity index is 1610. The van der Waals surface area contributed by atoms with Gasteiger partial charge in [0, 0.05) is 37.1 Å². The highest BCUT2D eigenvalue weighted by Crippen LogP contribution is 2.45. The van der Waals surface area contributed by atoms with Gasteiger partial charge in [0.15, 0.2) is 33.9 Å². The molecule has 11 nitrogen and oxygen atoms in total. The number of nitrogens with one attached hydrogen (secondary N) is 1. The van der Waals surface area contributed by atoms with Crippen LogP contribution in [0.5, 0.6) is 0 Å². The number of hydrogen-bond acceptors (Lipinski definition) is 10. The van der Waals surface area contributed by atoms with E-state index in [1.807, 2.05) is 6.92 Å². The summed E-state index contributed by atoms with van der Waals surface area (Å²) >= 11 is 6.34. The molecule has 0 aromatic heterocycles. The van der Waals surface area contributed by atoms with E-state index in [1.165, 1.54) is 32.2 Å². The number of esters is 2. The van der Waals surface area contributed by atoms with E-state index >= 15 is 0 Å². The van der Waals surface area contributed by atoms with Gasteiger partial charge >= 0.3 is 11.9 Å². The van der Waals surface area contributed by atoms with Crippen molar-refractivity contribution in [3.05, 3.63) is 58.6 Å². The molecule has 47 heavy (non-hydrogen) atoms. The Labute approximate surface area is 276 Å². The molecule has 2 N–H and O–H groups in total. The molecule has 2 aliphatic rings. The number of benzene rings is 2. The number of aliphatic hydroxyl groups is 1. The molecule has 0 spiro atoms. The Morgan fingerprint density at radius 2 is 1.81 bits per heavy atom. The summed E-state index contributed by atoms with van der Waals surface area (Å²) in [5.41, 5.74) is -1.57. The lowest BCUT2D eigenvalue weighted by molar-refractivity contribution is -0.250. The third kappa shape index (κ3) is 8.29. The van der Waals surface area contributed by atoms with Gasteiger partial charge in [-0.1, -0.05) is 31.9 Å². The SMILES string of the molecule is CCC1C[C@@H](S(=O)(=O)c2cc(C(=O)Nc3ccc(F)c(F)c3)ccc2Cl)C[C@H](C)[C@@]1(O)CO[C@H]1C[C@@H](OC(C)=O)C[C@@H](C(=O)OC)O1. The number of ether oxygens (including phenoxy) is 4. The maximum Gasteiger partial charge on any atom is 0.335 e. The van der Waals surface area contributed by atoms with E-state index in [0.29, 0.717) is 6.42 Å². The molecule has 1 amide bonds. The summed E-state index contributed by atoms with van der Waals surface area (Å²) in [5, 5.41) is 13.2. The summed E-state index contributed by atoms with van der Waals surface area (Å²) in [6.45, 7) is 4.52. The quantitative estimate of drug-likeness (QED) is 0.330. The zero-order valence-electron chi connectivity index (χ0n) is 26.3. The van der Waals surface area contributed by atoms with Crippen LogP contribution in [0.15, 0.2) is 41.3 Å². The summed E-state index contributed by atoms with van der Waals surface area (Å²) in [6, 6.07) is 6.55. The van der Waals surface area contributed by atoms with Crippen LogP contribution in [0.25, 0.3) is 0 Å². The van der Waals surface area contributed by atoms with Crippen molar-refractivity contribution in [2.45, 2.75) is 87.1 Å². The Kier molecular flexibility index (Phi) is 11.7. The molecular formula is C32H38ClF2NO10S. The summed E-state index contributed by atoms with van der Waals surface area (Å²) in [6.07, 6.45) is -2.05. The Balaban J connectivity index is 1.50. The second-order valence-electron chi connectivity index (χ2n) is 12.0. The van der Waals surface area contributed by atoms with Gasteiger partial charge in [0.2, 0.25) is 0 Å². The number of rotatable bonds is 10. The van der Waals surface area contributed by atoms with Crippen molar-refractivity contribution in [1.29, 1.82) is 0 Å². The minimum Gasteiger partial charge on any atom is -0.467 e. The molecule has 2 fully saturated rings. The van der Waals surface area contributed by atoms with Crippen LogP contribution in [0.3, 0.4) is 0 Å². The van der Waals surface area contributed by atoms with E-state index in [0.717, 1.165) is 18.2 Å². The van der Waals surface area contributed by atoms with Gasteiger partial charge in [-0.15, -0.1) is 0 Å². The van der Waals surface area contributed by atoms with Gasteiger partial charge in [0.1, 0.15) is 6.10 Å². The molecule has 1 aliphatic heterocycles. The topological polar surface area (TPSA) is 155 Å². The molecule has 1 heterocycles. The fraction of sp³-hybridized carbons (Fsp3) is 0.531. The standard InChI is InChI=1S/C32H38ClF2NO10S/c1-5-20-12-23(10-17(2)32(20,40)16-44-29-15-22(45-18(3)37)14-27(46-29)31(39)43-4)47(41,42)28-11-19(6-8-24(28)33)30(38)36-21-7-9-25(34)26(35)13-21/h6-9,11,13,17,20,22-23,27,29,40H,5,10,12,14-16H2,1-4H3,(H,36,38)/t17-,20?,22-,23-,27-,29+,32-/m0/s1. The third-order valence-corrected chi connectivity index (χ3v) is 11.5. The van der Waals surface area contributed by atoms with Crippen LogP contribution in [-0.2, 0) is 38.4 Å². The predicted molar refractivity (Wildman–Crippen MR) is 165 cm³/mol. The van der Waals surface area contributed by atoms with Crippen LogP contribution in [0.4, 0.5) is 14.5 Å². The molecule has 1 saturated heterocycles. The lowest BCUT2D eigenvalue weighted by atomic mass is 9.68. The summed E-state index contributed by atoms with van der Waals surface area (Å²) in [4.78, 5) is 36.4. The molecule has 0 radical (unpaired) electrons. The number of carbonyl (C=O) groups is 3. The van der Waals surface area contributed by atoms with Crippen LogP contribution < -0.4 is 5.32 Å². The van der Waals surface area contributed by atoms with Crippen molar-refractivity contribution in [2.75, 3.05) is 19.0 Å². The van der Waals surface area contributed by atoms with Gasteiger partial charge in [0.05, 0.1) is 34.5 Å². The highest BCUT2D eigenvalue weighted by Gasteiger charge is 2.51. The number of sulfone groups is 1. The Hall–Kier alpha value is -3.17. The number of halogens is 3. The maximum atomic E-state index is 14.0. The number of amides is 1. The fourth-order valence-corrected chi connectivity index (χ4v) is 8.72. The van der Waals surface area contributed by atoms with E-state index in [9.17, 15) is 36.7 Å². The molecule has 7 atom stereocenters. The van der Waals surface area contributed by atoms with Gasteiger partial charge in [-0.2, -0.15) is 0 Å². The molecule has 1 unspecified atom stereocenters. The molecule has 258 valence electrons. The van der Waals surface area contributed by atoms with Gasteiger partial charge in [-0.05, 0) is 55.0 Å². The maximum absolute atomic E-state index is 14.0. The summed E-state index contributed by atoms with van der Waals surface area (Å²) in [5.74, 6) is -5.34.